The molecule has 4 heterocycles. The SMILES string of the molecule is CC(C)(C)C(=O)n1nc(-c2cc(C#N)n(CC(=O)c3cncs3)c(=O)c2)cc1NCc1ccc(Cl)s1. The van der Waals surface area contributed by atoms with E-state index in [4.69, 9.17) is 11.6 Å². The summed E-state index contributed by atoms with van der Waals surface area (Å²) in [6.07, 6.45) is 1.43. The van der Waals surface area contributed by atoms with Gasteiger partial charge in [-0.3, -0.25) is 23.9 Å². The largest absolute Gasteiger partial charge is 0.365 e. The van der Waals surface area contributed by atoms with Gasteiger partial charge in [-0.15, -0.1) is 22.7 Å². The van der Waals surface area contributed by atoms with Gasteiger partial charge in [0.25, 0.3) is 11.5 Å². The highest BCUT2D eigenvalue weighted by Gasteiger charge is 2.27. The molecule has 36 heavy (non-hydrogen) atoms. The molecule has 0 aromatic carbocycles. The van der Waals surface area contributed by atoms with Crippen molar-refractivity contribution in [1.82, 2.24) is 19.3 Å². The third kappa shape index (κ3) is 5.46. The van der Waals surface area contributed by atoms with Gasteiger partial charge in [-0.1, -0.05) is 32.4 Å². The predicted octanol–water partition coefficient (Wildman–Crippen LogP) is 4.94. The van der Waals surface area contributed by atoms with Crippen molar-refractivity contribution in [3.63, 3.8) is 0 Å². The van der Waals surface area contributed by atoms with Gasteiger partial charge in [-0.05, 0) is 18.2 Å². The Balaban J connectivity index is 1.70. The van der Waals surface area contributed by atoms with Gasteiger partial charge in [-0.25, -0.2) is 0 Å². The maximum Gasteiger partial charge on any atom is 0.254 e. The number of nitrogens with zero attached hydrogens (tertiary/aromatic N) is 5. The minimum atomic E-state index is -0.718. The molecule has 4 aromatic rings. The fraction of sp³-hybridized carbons (Fsp3) is 0.250. The van der Waals surface area contributed by atoms with Crippen LogP contribution in [-0.2, 0) is 13.1 Å². The van der Waals surface area contributed by atoms with E-state index in [1.54, 1.807) is 32.9 Å². The van der Waals surface area contributed by atoms with Crippen molar-refractivity contribution in [2.45, 2.75) is 33.9 Å². The Morgan fingerprint density at radius 1 is 1.22 bits per heavy atom. The molecule has 0 saturated heterocycles. The van der Waals surface area contributed by atoms with Gasteiger partial charge in [0, 0.05) is 34.2 Å². The van der Waals surface area contributed by atoms with Crippen LogP contribution in [0.2, 0.25) is 4.34 Å². The number of anilines is 1. The van der Waals surface area contributed by atoms with E-state index < -0.39 is 11.0 Å². The molecule has 0 unspecified atom stereocenters. The number of carbonyl (C=O) groups excluding carboxylic acids is 2. The molecule has 0 aliphatic rings. The van der Waals surface area contributed by atoms with Crippen LogP contribution in [0.4, 0.5) is 5.82 Å². The number of carbonyl (C=O) groups is 2. The van der Waals surface area contributed by atoms with Crippen LogP contribution in [0.1, 0.15) is 45.8 Å². The minimum absolute atomic E-state index is 0.00907. The van der Waals surface area contributed by atoms with Crippen molar-refractivity contribution < 1.29 is 9.59 Å². The number of thiophene rings is 1. The number of halogens is 1. The second-order valence-corrected chi connectivity index (χ2v) is 11.6. The standard InChI is InChI=1S/C24H21ClN6O3S2/c1-24(2,3)23(34)31-21(28-10-16-4-5-20(25)36-16)8-17(29-31)14-6-15(9-26)30(22(33)7-14)12-18(32)19-11-27-13-35-19/h4-8,11,13,28H,10,12H2,1-3H3. The molecule has 0 aliphatic heterocycles. The van der Waals surface area contributed by atoms with Crippen molar-refractivity contribution in [3.8, 4) is 17.3 Å². The Kier molecular flexibility index (Phi) is 7.21. The predicted molar refractivity (Wildman–Crippen MR) is 140 cm³/mol. The number of nitriles is 1. The maximum absolute atomic E-state index is 13.1. The Morgan fingerprint density at radius 3 is 2.61 bits per heavy atom. The number of nitrogens with one attached hydrogen (secondary N) is 1. The second-order valence-electron chi connectivity index (χ2n) is 8.90. The molecular weight excluding hydrogens is 520 g/mol. The zero-order chi connectivity index (χ0) is 26.0. The lowest BCUT2D eigenvalue weighted by molar-refractivity contribution is 0.0752. The van der Waals surface area contributed by atoms with Crippen LogP contribution in [0.5, 0.6) is 0 Å². The zero-order valence-electron chi connectivity index (χ0n) is 19.6. The highest BCUT2D eigenvalue weighted by atomic mass is 35.5. The van der Waals surface area contributed by atoms with E-state index in [1.165, 1.54) is 51.2 Å². The average molecular weight is 541 g/mol. The summed E-state index contributed by atoms with van der Waals surface area (Å²) in [5, 5.41) is 17.4. The number of hydrogen-bond donors (Lipinski definition) is 1. The smallest absolute Gasteiger partial charge is 0.254 e. The minimum Gasteiger partial charge on any atom is -0.365 e. The molecule has 0 spiro atoms. The highest BCUT2D eigenvalue weighted by Crippen LogP contribution is 2.27. The molecule has 0 fully saturated rings. The van der Waals surface area contributed by atoms with Crippen molar-refractivity contribution in [1.29, 1.82) is 5.26 Å². The fourth-order valence-electron chi connectivity index (χ4n) is 3.32. The molecular formula is C24H21ClN6O3S2. The van der Waals surface area contributed by atoms with E-state index in [0.29, 0.717) is 32.8 Å². The molecule has 4 aromatic heterocycles. The van der Waals surface area contributed by atoms with Crippen molar-refractivity contribution in [2.24, 2.45) is 5.41 Å². The van der Waals surface area contributed by atoms with Crippen molar-refractivity contribution in [3.05, 3.63) is 72.2 Å². The Hall–Kier alpha value is -3.59. The summed E-state index contributed by atoms with van der Waals surface area (Å²) in [6, 6.07) is 10.1. The number of rotatable bonds is 7. The summed E-state index contributed by atoms with van der Waals surface area (Å²) in [5.41, 5.74) is 0.994. The van der Waals surface area contributed by atoms with Gasteiger partial charge >= 0.3 is 0 Å². The molecule has 12 heteroatoms. The van der Waals surface area contributed by atoms with E-state index in [0.717, 1.165) is 9.44 Å². The van der Waals surface area contributed by atoms with Crippen LogP contribution < -0.4 is 10.9 Å². The van der Waals surface area contributed by atoms with E-state index in [9.17, 15) is 19.6 Å². The van der Waals surface area contributed by atoms with Crippen LogP contribution >= 0.6 is 34.3 Å². The lowest BCUT2D eigenvalue weighted by Crippen LogP contribution is -2.29. The summed E-state index contributed by atoms with van der Waals surface area (Å²) in [4.78, 5) is 43.8. The Labute approximate surface area is 219 Å². The summed E-state index contributed by atoms with van der Waals surface area (Å²) in [6.45, 7) is 5.50. The van der Waals surface area contributed by atoms with Gasteiger partial charge in [0.05, 0.1) is 33.5 Å². The van der Waals surface area contributed by atoms with Crippen LogP contribution in [0.25, 0.3) is 11.3 Å². The molecule has 0 bridgehead atoms. The zero-order valence-corrected chi connectivity index (χ0v) is 22.0. The van der Waals surface area contributed by atoms with Crippen LogP contribution in [0.3, 0.4) is 0 Å². The lowest BCUT2D eigenvalue weighted by atomic mass is 9.96. The number of thiazole rings is 1. The molecule has 0 atom stereocenters. The molecule has 4 rings (SSSR count). The topological polar surface area (TPSA) is 123 Å². The number of aromatic nitrogens is 4. The third-order valence-electron chi connectivity index (χ3n) is 5.16. The fourth-order valence-corrected chi connectivity index (χ4v) is 4.90. The Morgan fingerprint density at radius 2 is 2.00 bits per heavy atom. The van der Waals surface area contributed by atoms with Crippen molar-refractivity contribution in [2.75, 3.05) is 5.32 Å². The molecule has 0 aliphatic carbocycles. The summed E-state index contributed by atoms with van der Waals surface area (Å²) >= 11 is 8.61. The molecule has 0 amide bonds. The summed E-state index contributed by atoms with van der Waals surface area (Å²) in [7, 11) is 0. The van der Waals surface area contributed by atoms with Gasteiger partial charge < -0.3 is 5.32 Å². The number of hydrogen-bond acceptors (Lipinski definition) is 9. The van der Waals surface area contributed by atoms with Gasteiger partial charge in [0.2, 0.25) is 0 Å². The van der Waals surface area contributed by atoms with E-state index in [2.05, 4.69) is 15.4 Å². The van der Waals surface area contributed by atoms with Crippen LogP contribution in [0, 0.1) is 16.7 Å². The third-order valence-corrected chi connectivity index (χ3v) is 7.21. The summed E-state index contributed by atoms with van der Waals surface area (Å²) in [5.74, 6) is -0.119. The van der Waals surface area contributed by atoms with E-state index in [1.807, 2.05) is 12.1 Å². The maximum atomic E-state index is 13.1. The quantitative estimate of drug-likeness (QED) is 0.329. The Bertz CT molecular complexity index is 1540. The first-order chi connectivity index (χ1) is 17.1. The molecule has 1 N–H and O–H groups in total. The number of Topliss-reactive ketones (excluding diaryl/α,β-unsaturated/α-hetero) is 1. The number of pyridine rings is 1. The highest BCUT2D eigenvalue weighted by molar-refractivity contribution is 7.16. The van der Waals surface area contributed by atoms with Gasteiger partial charge in [0.1, 0.15) is 17.6 Å². The summed E-state index contributed by atoms with van der Waals surface area (Å²) < 4.78 is 3.04. The molecule has 184 valence electrons. The second kappa shape index (κ2) is 10.2. The van der Waals surface area contributed by atoms with Crippen molar-refractivity contribution >= 4 is 51.8 Å². The lowest BCUT2D eigenvalue weighted by Gasteiger charge is -2.18. The first-order valence-corrected chi connectivity index (χ1v) is 12.8. The monoisotopic (exact) mass is 540 g/mol. The van der Waals surface area contributed by atoms with E-state index in [-0.39, 0.29) is 23.9 Å². The van der Waals surface area contributed by atoms with Gasteiger partial charge in [-0.2, -0.15) is 15.0 Å². The van der Waals surface area contributed by atoms with Gasteiger partial charge in [0.15, 0.2) is 5.78 Å². The molecule has 0 saturated carbocycles. The average Bonchev–Trinajstić information content (AvgIpc) is 3.58. The molecule has 0 radical (unpaired) electrons. The van der Waals surface area contributed by atoms with Crippen LogP contribution in [0.15, 0.2) is 46.8 Å². The first kappa shape index (κ1) is 25.5. The molecule has 9 nitrogen and oxygen atoms in total. The number of ketones is 1. The first-order valence-electron chi connectivity index (χ1n) is 10.8. The van der Waals surface area contributed by atoms with E-state index >= 15 is 0 Å². The van der Waals surface area contributed by atoms with Crippen LogP contribution in [-0.4, -0.2) is 31.0 Å². The normalized spacial score (nSPS) is 11.3.